The Morgan fingerprint density at radius 3 is 2.50 bits per heavy atom. The number of aromatic nitrogens is 3. The first-order chi connectivity index (χ1) is 15.6. The predicted molar refractivity (Wildman–Crippen MR) is 125 cm³/mol. The first kappa shape index (κ1) is 19.8. The molecule has 5 aromatic rings. The Kier molecular flexibility index (Phi) is 5.03. The summed E-state index contributed by atoms with van der Waals surface area (Å²) in [6.07, 6.45) is 1.90. The van der Waals surface area contributed by atoms with Gasteiger partial charge in [-0.15, -0.1) is 10.2 Å². The van der Waals surface area contributed by atoms with Crippen molar-refractivity contribution in [1.82, 2.24) is 14.8 Å². The van der Waals surface area contributed by atoms with Gasteiger partial charge in [0.25, 0.3) is 0 Å². The molecule has 0 aliphatic rings. The number of aryl methyl sites for hydroxylation is 1. The maximum absolute atomic E-state index is 12.8. The van der Waals surface area contributed by atoms with Crippen molar-refractivity contribution in [1.29, 1.82) is 0 Å². The van der Waals surface area contributed by atoms with Crippen molar-refractivity contribution in [3.8, 4) is 22.9 Å². The number of nitrogens with zero attached hydrogens (tertiary/aromatic N) is 3. The van der Waals surface area contributed by atoms with E-state index in [2.05, 4.69) is 15.5 Å². The second kappa shape index (κ2) is 8.15. The van der Waals surface area contributed by atoms with E-state index in [1.54, 1.807) is 0 Å². The highest BCUT2D eigenvalue weighted by atomic mass is 16.4. The predicted octanol–water partition coefficient (Wildman–Crippen LogP) is 5.61. The normalized spacial score (nSPS) is 11.1. The first-order valence-corrected chi connectivity index (χ1v) is 10.4. The van der Waals surface area contributed by atoms with Crippen molar-refractivity contribution in [2.24, 2.45) is 0 Å². The molecule has 0 fully saturated rings. The second-order valence-corrected chi connectivity index (χ2v) is 7.76. The summed E-state index contributed by atoms with van der Waals surface area (Å²) in [5, 5.41) is 12.5. The van der Waals surface area contributed by atoms with E-state index in [-0.39, 0.29) is 12.5 Å². The summed E-state index contributed by atoms with van der Waals surface area (Å²) in [5.74, 6) is 0.792. The van der Waals surface area contributed by atoms with Gasteiger partial charge < -0.3 is 14.3 Å². The number of fused-ring (bicyclic) bond motifs is 1. The molecule has 5 rings (SSSR count). The zero-order valence-corrected chi connectivity index (χ0v) is 17.9. The smallest absolute Gasteiger partial charge is 0.250 e. The number of para-hydroxylation sites is 1. The van der Waals surface area contributed by atoms with E-state index >= 15 is 0 Å². The highest BCUT2D eigenvalue weighted by molar-refractivity contribution is 5.97. The van der Waals surface area contributed by atoms with Crippen LogP contribution < -0.4 is 5.32 Å². The third-order valence-corrected chi connectivity index (χ3v) is 5.66. The van der Waals surface area contributed by atoms with Crippen molar-refractivity contribution in [2.45, 2.75) is 20.4 Å². The van der Waals surface area contributed by atoms with Gasteiger partial charge in [-0.2, -0.15) is 0 Å². The van der Waals surface area contributed by atoms with Crippen LogP contribution in [0, 0.1) is 13.8 Å². The molecule has 2 aromatic heterocycles. The number of hydrogen-bond donors (Lipinski definition) is 1. The minimum atomic E-state index is -0.0958. The monoisotopic (exact) mass is 422 g/mol. The molecule has 0 bridgehead atoms. The third kappa shape index (κ3) is 3.67. The van der Waals surface area contributed by atoms with Crippen LogP contribution in [0.15, 0.2) is 83.4 Å². The van der Waals surface area contributed by atoms with E-state index in [0.29, 0.717) is 11.8 Å². The number of carbonyl (C=O) groups excluding carboxylic acids is 1. The minimum absolute atomic E-state index is 0.0958. The molecule has 0 radical (unpaired) electrons. The average Bonchev–Trinajstić information content (AvgIpc) is 3.43. The van der Waals surface area contributed by atoms with Crippen LogP contribution in [0.4, 0.5) is 5.69 Å². The van der Waals surface area contributed by atoms with Crippen molar-refractivity contribution in [2.75, 3.05) is 5.32 Å². The Balaban J connectivity index is 1.46. The number of benzene rings is 3. The number of rotatable bonds is 5. The molecule has 158 valence electrons. The summed E-state index contributed by atoms with van der Waals surface area (Å²) in [6, 6.07) is 23.5. The molecule has 6 heteroatoms. The summed E-state index contributed by atoms with van der Waals surface area (Å²) in [7, 11) is 0. The number of amides is 1. The number of nitrogens with one attached hydrogen (secondary N) is 1. The van der Waals surface area contributed by atoms with Crippen LogP contribution in [0.1, 0.15) is 11.1 Å². The van der Waals surface area contributed by atoms with Crippen LogP contribution in [0.25, 0.3) is 33.8 Å². The molecular weight excluding hydrogens is 400 g/mol. The fourth-order valence-electron chi connectivity index (χ4n) is 3.81. The second-order valence-electron chi connectivity index (χ2n) is 7.76. The Bertz CT molecular complexity index is 1420. The summed E-state index contributed by atoms with van der Waals surface area (Å²) < 4.78 is 7.88. The first-order valence-electron chi connectivity index (χ1n) is 10.4. The molecule has 3 aromatic carbocycles. The molecule has 2 heterocycles. The molecule has 0 unspecified atom stereocenters. The fraction of sp³-hybridized carbons (Fsp3) is 0.115. The van der Waals surface area contributed by atoms with Crippen LogP contribution in [0.3, 0.4) is 0 Å². The largest absolute Gasteiger partial charge is 0.416 e. The van der Waals surface area contributed by atoms with Crippen LogP contribution in [0.5, 0.6) is 0 Å². The lowest BCUT2D eigenvalue weighted by Crippen LogP contribution is -2.18. The van der Waals surface area contributed by atoms with E-state index < -0.39 is 0 Å². The Labute approximate surface area is 185 Å². The van der Waals surface area contributed by atoms with Gasteiger partial charge in [0, 0.05) is 28.4 Å². The zero-order valence-electron chi connectivity index (χ0n) is 17.9. The highest BCUT2D eigenvalue weighted by Gasteiger charge is 2.18. The van der Waals surface area contributed by atoms with Crippen LogP contribution >= 0.6 is 0 Å². The van der Waals surface area contributed by atoms with Gasteiger partial charge in [-0.05, 0) is 49.2 Å². The molecule has 0 atom stereocenters. The lowest BCUT2D eigenvalue weighted by atomic mass is 10.1. The average molecular weight is 422 g/mol. The number of carbonyl (C=O) groups is 1. The van der Waals surface area contributed by atoms with Gasteiger partial charge in [-0.3, -0.25) is 4.79 Å². The summed E-state index contributed by atoms with van der Waals surface area (Å²) in [5.41, 5.74) is 5.63. The van der Waals surface area contributed by atoms with Crippen molar-refractivity contribution >= 4 is 22.5 Å². The molecule has 1 amide bonds. The van der Waals surface area contributed by atoms with E-state index in [1.807, 2.05) is 97.4 Å². The SMILES string of the molecule is Cc1cccc(NC(=O)Cn2cc(-c3nnc(-c4ccccc4)o3)c3ccccc32)c1C. The summed E-state index contributed by atoms with van der Waals surface area (Å²) >= 11 is 0. The van der Waals surface area contributed by atoms with Gasteiger partial charge in [0.1, 0.15) is 6.54 Å². The fourth-order valence-corrected chi connectivity index (χ4v) is 3.81. The molecule has 0 aliphatic carbocycles. The Morgan fingerprint density at radius 2 is 1.66 bits per heavy atom. The maximum Gasteiger partial charge on any atom is 0.250 e. The quantitative estimate of drug-likeness (QED) is 0.399. The van der Waals surface area contributed by atoms with E-state index in [4.69, 9.17) is 4.42 Å². The number of hydrogen-bond acceptors (Lipinski definition) is 4. The number of anilines is 1. The molecule has 0 saturated carbocycles. The van der Waals surface area contributed by atoms with Gasteiger partial charge in [-0.1, -0.05) is 48.5 Å². The van der Waals surface area contributed by atoms with Crippen molar-refractivity contribution in [3.05, 3.63) is 90.1 Å². The van der Waals surface area contributed by atoms with Gasteiger partial charge in [0.2, 0.25) is 17.7 Å². The van der Waals surface area contributed by atoms with E-state index in [1.165, 1.54) is 0 Å². The van der Waals surface area contributed by atoms with Gasteiger partial charge in [0.15, 0.2) is 0 Å². The van der Waals surface area contributed by atoms with Gasteiger partial charge in [-0.25, -0.2) is 0 Å². The maximum atomic E-state index is 12.8. The van der Waals surface area contributed by atoms with Crippen LogP contribution in [-0.4, -0.2) is 20.7 Å². The molecule has 1 N–H and O–H groups in total. The topological polar surface area (TPSA) is 73.0 Å². The highest BCUT2D eigenvalue weighted by Crippen LogP contribution is 2.31. The van der Waals surface area contributed by atoms with Crippen molar-refractivity contribution in [3.63, 3.8) is 0 Å². The summed E-state index contributed by atoms with van der Waals surface area (Å²) in [6.45, 7) is 4.21. The van der Waals surface area contributed by atoms with Crippen LogP contribution in [0.2, 0.25) is 0 Å². The Hall–Kier alpha value is -4.19. The molecule has 6 nitrogen and oxygen atoms in total. The third-order valence-electron chi connectivity index (χ3n) is 5.66. The van der Waals surface area contributed by atoms with Gasteiger partial charge in [0.05, 0.1) is 5.56 Å². The minimum Gasteiger partial charge on any atom is -0.416 e. The van der Waals surface area contributed by atoms with Crippen molar-refractivity contribution < 1.29 is 9.21 Å². The Morgan fingerprint density at radius 1 is 0.906 bits per heavy atom. The lowest BCUT2D eigenvalue weighted by Gasteiger charge is -2.11. The standard InChI is InChI=1S/C26H22N4O2/c1-17-9-8-13-22(18(17)2)27-24(31)16-30-15-21(20-12-6-7-14-23(20)30)26-29-28-25(32-26)19-10-4-3-5-11-19/h3-15H,16H2,1-2H3,(H,27,31). The molecular formula is C26H22N4O2. The van der Waals surface area contributed by atoms with E-state index in [0.717, 1.165) is 38.8 Å². The lowest BCUT2D eigenvalue weighted by molar-refractivity contribution is -0.116. The molecule has 32 heavy (non-hydrogen) atoms. The zero-order chi connectivity index (χ0) is 22.1. The van der Waals surface area contributed by atoms with Crippen LogP contribution in [-0.2, 0) is 11.3 Å². The van der Waals surface area contributed by atoms with Gasteiger partial charge >= 0.3 is 0 Å². The summed E-state index contributed by atoms with van der Waals surface area (Å²) in [4.78, 5) is 12.8. The molecule has 0 saturated heterocycles. The van der Waals surface area contributed by atoms with E-state index in [9.17, 15) is 4.79 Å². The molecule has 0 aliphatic heterocycles. The molecule has 0 spiro atoms.